The highest BCUT2D eigenvalue weighted by Gasteiger charge is 2.51. The minimum Gasteiger partial charge on any atom is -0.313 e. The highest BCUT2D eigenvalue weighted by molar-refractivity contribution is 5.18. The molecule has 1 aromatic rings. The van der Waals surface area contributed by atoms with E-state index in [0.717, 1.165) is 23.4 Å². The summed E-state index contributed by atoms with van der Waals surface area (Å²) in [6.45, 7) is 2.07. The van der Waals surface area contributed by atoms with Gasteiger partial charge in [0.1, 0.15) is 0 Å². The van der Waals surface area contributed by atoms with Crippen LogP contribution in [0.2, 0.25) is 0 Å². The third-order valence-electron chi connectivity index (χ3n) is 6.49. The van der Waals surface area contributed by atoms with E-state index in [1.165, 1.54) is 50.5 Å². The average Bonchev–Trinajstić information content (AvgIpc) is 2.44. The van der Waals surface area contributed by atoms with Crippen LogP contribution < -0.4 is 5.32 Å². The summed E-state index contributed by atoms with van der Waals surface area (Å²) >= 11 is 0. The summed E-state index contributed by atoms with van der Waals surface area (Å²) in [5.41, 5.74) is 3.12. The summed E-state index contributed by atoms with van der Waals surface area (Å²) in [5, 5.41) is 3.57. The van der Waals surface area contributed by atoms with Gasteiger partial charge in [-0.1, -0.05) is 6.07 Å². The van der Waals surface area contributed by atoms with Crippen molar-refractivity contribution in [3.63, 3.8) is 0 Å². The Morgan fingerprint density at radius 1 is 1.14 bits per heavy atom. The fourth-order valence-corrected chi connectivity index (χ4v) is 6.04. The van der Waals surface area contributed by atoms with Crippen molar-refractivity contribution in [1.29, 1.82) is 0 Å². The topological polar surface area (TPSA) is 24.9 Å². The Balaban J connectivity index is 1.55. The lowest BCUT2D eigenvalue weighted by Crippen LogP contribution is -2.47. The van der Waals surface area contributed by atoms with Gasteiger partial charge in [0.15, 0.2) is 0 Å². The van der Waals surface area contributed by atoms with Gasteiger partial charge in [-0.05, 0) is 93.7 Å². The first-order valence-electron chi connectivity index (χ1n) is 8.76. The van der Waals surface area contributed by atoms with Crippen LogP contribution in [0.4, 0.5) is 0 Å². The van der Waals surface area contributed by atoms with Gasteiger partial charge in [0.25, 0.3) is 0 Å². The second-order valence-corrected chi connectivity index (χ2v) is 8.20. The lowest BCUT2D eigenvalue weighted by molar-refractivity contribution is -0.0619. The Morgan fingerprint density at radius 3 is 2.24 bits per heavy atom. The highest BCUT2D eigenvalue weighted by Crippen LogP contribution is 2.62. The predicted octanol–water partition coefficient (Wildman–Crippen LogP) is 4.26. The van der Waals surface area contributed by atoms with Gasteiger partial charge >= 0.3 is 0 Å². The van der Waals surface area contributed by atoms with E-state index in [1.54, 1.807) is 0 Å². The summed E-state index contributed by atoms with van der Waals surface area (Å²) in [6, 6.07) is 4.90. The van der Waals surface area contributed by atoms with Crippen molar-refractivity contribution in [1.82, 2.24) is 10.3 Å². The number of hydrogen-bond donors (Lipinski definition) is 1. The minimum absolute atomic E-state index is 0.481. The molecule has 2 nitrogen and oxygen atoms in total. The molecule has 4 bridgehead atoms. The van der Waals surface area contributed by atoms with Crippen molar-refractivity contribution in [2.75, 3.05) is 7.05 Å². The third-order valence-corrected chi connectivity index (χ3v) is 6.49. The molecular formula is C19H28N2. The smallest absolute Gasteiger partial charge is 0.0372 e. The molecule has 0 aromatic carbocycles. The highest BCUT2D eigenvalue weighted by atomic mass is 14.9. The van der Waals surface area contributed by atoms with E-state index >= 15 is 0 Å². The number of aromatic nitrogens is 1. The zero-order valence-corrected chi connectivity index (χ0v) is 13.4. The van der Waals surface area contributed by atoms with E-state index in [2.05, 4.69) is 42.6 Å². The summed E-state index contributed by atoms with van der Waals surface area (Å²) < 4.78 is 0. The monoisotopic (exact) mass is 284 g/mol. The second-order valence-electron chi connectivity index (χ2n) is 8.20. The normalized spacial score (nSPS) is 38.7. The van der Waals surface area contributed by atoms with Gasteiger partial charge in [-0.3, -0.25) is 4.98 Å². The minimum atomic E-state index is 0.481. The molecule has 1 unspecified atom stereocenters. The molecule has 0 aliphatic heterocycles. The van der Waals surface area contributed by atoms with Gasteiger partial charge < -0.3 is 5.32 Å². The lowest BCUT2D eigenvalue weighted by atomic mass is 9.48. The molecule has 5 rings (SSSR count). The fraction of sp³-hybridized carbons (Fsp3) is 0.737. The van der Waals surface area contributed by atoms with Crippen LogP contribution >= 0.6 is 0 Å². The van der Waals surface area contributed by atoms with Crippen LogP contribution in [0.5, 0.6) is 0 Å². The molecule has 0 saturated heterocycles. The Hall–Kier alpha value is -0.890. The summed E-state index contributed by atoms with van der Waals surface area (Å²) in [4.78, 5) is 4.50. The predicted molar refractivity (Wildman–Crippen MR) is 86.0 cm³/mol. The maximum absolute atomic E-state index is 4.50. The molecule has 1 atom stereocenters. The summed E-state index contributed by atoms with van der Waals surface area (Å²) in [7, 11) is 2.12. The van der Waals surface area contributed by atoms with Crippen molar-refractivity contribution < 1.29 is 0 Å². The number of nitrogens with zero attached hydrogens (tertiary/aromatic N) is 1. The van der Waals surface area contributed by atoms with E-state index in [0.29, 0.717) is 11.5 Å². The van der Waals surface area contributed by atoms with Crippen LogP contribution in [0.3, 0.4) is 0 Å². The quantitative estimate of drug-likeness (QED) is 0.893. The zero-order valence-electron chi connectivity index (χ0n) is 13.4. The van der Waals surface area contributed by atoms with Gasteiger partial charge in [-0.2, -0.15) is 0 Å². The molecule has 0 amide bonds. The molecule has 1 heterocycles. The molecule has 4 aliphatic rings. The van der Waals surface area contributed by atoms with E-state index in [4.69, 9.17) is 0 Å². The largest absolute Gasteiger partial charge is 0.313 e. The third kappa shape index (κ3) is 2.52. The SMILES string of the molecule is CNC(CC12CC3CC(CC(C3)C1)C2)c1ccc(C)nc1. The van der Waals surface area contributed by atoms with E-state index < -0.39 is 0 Å². The van der Waals surface area contributed by atoms with Crippen molar-refractivity contribution in [3.05, 3.63) is 29.6 Å². The molecular weight excluding hydrogens is 256 g/mol. The number of hydrogen-bond acceptors (Lipinski definition) is 2. The number of pyridine rings is 1. The van der Waals surface area contributed by atoms with Crippen LogP contribution in [-0.2, 0) is 0 Å². The Morgan fingerprint density at radius 2 is 1.76 bits per heavy atom. The zero-order chi connectivity index (χ0) is 14.4. The van der Waals surface area contributed by atoms with Crippen LogP contribution in [0, 0.1) is 30.1 Å². The molecule has 1 N–H and O–H groups in total. The second kappa shape index (κ2) is 5.08. The Kier molecular flexibility index (Phi) is 3.33. The van der Waals surface area contributed by atoms with Crippen molar-refractivity contribution in [2.24, 2.45) is 23.2 Å². The van der Waals surface area contributed by atoms with Crippen molar-refractivity contribution >= 4 is 0 Å². The average molecular weight is 284 g/mol. The van der Waals surface area contributed by atoms with Gasteiger partial charge in [-0.15, -0.1) is 0 Å². The Labute approximate surface area is 128 Å². The van der Waals surface area contributed by atoms with Gasteiger partial charge in [0.2, 0.25) is 0 Å². The first-order chi connectivity index (χ1) is 10.2. The molecule has 2 heteroatoms. The standard InChI is InChI=1S/C19H28N2/c1-13-3-4-17(12-21-13)18(20-2)11-19-8-14-5-15(9-19)7-16(6-14)10-19/h3-4,12,14-16,18,20H,5-11H2,1-2H3. The molecule has 114 valence electrons. The van der Waals surface area contributed by atoms with Gasteiger partial charge in [0, 0.05) is 17.9 Å². The molecule has 1 aromatic heterocycles. The van der Waals surface area contributed by atoms with Gasteiger partial charge in [0.05, 0.1) is 0 Å². The first-order valence-corrected chi connectivity index (χ1v) is 8.76. The molecule has 4 saturated carbocycles. The van der Waals surface area contributed by atoms with E-state index in [9.17, 15) is 0 Å². The van der Waals surface area contributed by atoms with Crippen LogP contribution in [0.25, 0.3) is 0 Å². The molecule has 0 radical (unpaired) electrons. The number of aryl methyl sites for hydroxylation is 1. The van der Waals surface area contributed by atoms with Crippen LogP contribution in [-0.4, -0.2) is 12.0 Å². The van der Waals surface area contributed by atoms with Crippen molar-refractivity contribution in [2.45, 2.75) is 57.9 Å². The molecule has 4 aliphatic carbocycles. The van der Waals surface area contributed by atoms with E-state index in [-0.39, 0.29) is 0 Å². The first kappa shape index (κ1) is 13.8. The molecule has 21 heavy (non-hydrogen) atoms. The number of rotatable bonds is 4. The van der Waals surface area contributed by atoms with Crippen molar-refractivity contribution in [3.8, 4) is 0 Å². The Bertz CT molecular complexity index is 470. The molecule has 0 spiro atoms. The molecule has 4 fully saturated rings. The van der Waals surface area contributed by atoms with Crippen LogP contribution in [0.1, 0.15) is 62.2 Å². The summed E-state index contributed by atoms with van der Waals surface area (Å²) in [5.74, 6) is 3.14. The van der Waals surface area contributed by atoms with Crippen LogP contribution in [0.15, 0.2) is 18.3 Å². The van der Waals surface area contributed by atoms with E-state index in [1.807, 2.05) is 0 Å². The lowest BCUT2D eigenvalue weighted by Gasteiger charge is -2.57. The summed E-state index contributed by atoms with van der Waals surface area (Å²) in [6.07, 6.45) is 12.5. The maximum atomic E-state index is 4.50. The number of nitrogens with one attached hydrogen (secondary N) is 1. The van der Waals surface area contributed by atoms with Gasteiger partial charge in [-0.25, -0.2) is 0 Å². The maximum Gasteiger partial charge on any atom is 0.0372 e. The fourth-order valence-electron chi connectivity index (χ4n) is 6.04.